The van der Waals surface area contributed by atoms with Gasteiger partial charge in [-0.15, -0.1) is 0 Å². The second kappa shape index (κ2) is 7.64. The van der Waals surface area contributed by atoms with E-state index in [1.807, 2.05) is 31.1 Å². The third kappa shape index (κ3) is 2.78. The number of aromatic amines is 1. The van der Waals surface area contributed by atoms with E-state index in [4.69, 9.17) is 4.74 Å². The Morgan fingerprint density at radius 2 is 1.89 bits per heavy atom. The molecule has 1 saturated carbocycles. The molecule has 7 nitrogen and oxygen atoms in total. The van der Waals surface area contributed by atoms with Gasteiger partial charge in [-0.2, -0.15) is 0 Å². The number of hydrogen-bond acceptors (Lipinski definition) is 6. The molecule has 1 aromatic heterocycles. The minimum Gasteiger partial charge on any atom is -0.389 e. The third-order valence-electron chi connectivity index (χ3n) is 10.8. The molecule has 0 radical (unpaired) electrons. The molecule has 3 unspecified atom stereocenters. The van der Waals surface area contributed by atoms with Gasteiger partial charge in [0.15, 0.2) is 5.67 Å². The molecule has 3 heterocycles. The summed E-state index contributed by atoms with van der Waals surface area (Å²) in [5.41, 5.74) is -2.33. The van der Waals surface area contributed by atoms with Gasteiger partial charge in [0.25, 0.3) is 0 Å². The van der Waals surface area contributed by atoms with Gasteiger partial charge >= 0.3 is 0 Å². The fourth-order valence-electron chi connectivity index (χ4n) is 8.86. The lowest BCUT2D eigenvalue weighted by Gasteiger charge is -2.62. The lowest BCUT2D eigenvalue weighted by Crippen LogP contribution is -2.78. The maximum absolute atomic E-state index is 17.0. The molecule has 4 N–H and O–H groups in total. The van der Waals surface area contributed by atoms with Crippen LogP contribution in [-0.2, 0) is 4.74 Å². The average molecular weight is 523 g/mol. The Labute approximate surface area is 220 Å². The summed E-state index contributed by atoms with van der Waals surface area (Å²) in [4.78, 5) is 16.3. The Bertz CT molecular complexity index is 1470. The summed E-state index contributed by atoms with van der Waals surface area (Å²) in [6, 6.07) is 7.23. The van der Waals surface area contributed by atoms with Gasteiger partial charge < -0.3 is 29.9 Å². The van der Waals surface area contributed by atoms with Crippen molar-refractivity contribution in [2.24, 2.45) is 11.3 Å². The lowest BCUT2D eigenvalue weighted by atomic mass is 9.55. The van der Waals surface area contributed by atoms with E-state index in [1.54, 1.807) is 12.3 Å². The molecule has 9 atom stereocenters. The number of H-pyrrole nitrogens is 1. The van der Waals surface area contributed by atoms with Gasteiger partial charge in [-0.1, -0.05) is 31.2 Å². The van der Waals surface area contributed by atoms with Crippen molar-refractivity contribution < 1.29 is 24.4 Å². The fourth-order valence-corrected chi connectivity index (χ4v) is 8.86. The van der Waals surface area contributed by atoms with Gasteiger partial charge in [-0.25, -0.2) is 4.39 Å². The normalized spacial score (nSPS) is 45.4. The van der Waals surface area contributed by atoms with E-state index in [1.165, 1.54) is 5.57 Å². The smallest absolute Gasteiger partial charge is 0.248 e. The molecule has 5 aliphatic rings. The highest BCUT2D eigenvalue weighted by molar-refractivity contribution is 5.87. The zero-order valence-electron chi connectivity index (χ0n) is 21.9. The Hall–Kier alpha value is -2.36. The van der Waals surface area contributed by atoms with Crippen molar-refractivity contribution >= 4 is 16.3 Å². The first-order valence-corrected chi connectivity index (χ1v) is 13.6. The Morgan fingerprint density at radius 3 is 2.66 bits per heavy atom. The fraction of sp³-hybridized carbons (Fsp3) is 0.567. The van der Waals surface area contributed by atoms with E-state index in [-0.39, 0.29) is 23.3 Å². The number of likely N-dealkylation sites (N-methyl/N-ethyl adjacent to an activating group) is 1. The van der Waals surface area contributed by atoms with Crippen LogP contribution in [-0.4, -0.2) is 80.5 Å². The highest BCUT2D eigenvalue weighted by Gasteiger charge is 2.79. The topological polar surface area (TPSA) is 106 Å². The largest absolute Gasteiger partial charge is 0.389 e. The van der Waals surface area contributed by atoms with Crippen LogP contribution in [0.2, 0.25) is 0 Å². The van der Waals surface area contributed by atoms with Gasteiger partial charge in [0, 0.05) is 29.6 Å². The number of benzene rings is 1. The van der Waals surface area contributed by atoms with Crippen LogP contribution in [0, 0.1) is 11.3 Å². The minimum absolute atomic E-state index is 0.00310. The van der Waals surface area contributed by atoms with E-state index in [2.05, 4.69) is 30.1 Å². The van der Waals surface area contributed by atoms with Gasteiger partial charge in [-0.05, 0) is 79.7 Å². The van der Waals surface area contributed by atoms with Crippen molar-refractivity contribution in [1.29, 1.82) is 0 Å². The number of aliphatic hydroxyl groups is 3. The van der Waals surface area contributed by atoms with E-state index in [9.17, 15) is 20.1 Å². The molecule has 0 amide bonds. The number of alkyl halides is 1. The molecule has 1 aromatic carbocycles. The first-order chi connectivity index (χ1) is 18.0. The second-order valence-electron chi connectivity index (χ2n) is 12.7. The number of pyridine rings is 1. The molecule has 7 rings (SSSR count). The Balaban J connectivity index is 1.31. The van der Waals surface area contributed by atoms with Crippen LogP contribution < -0.4 is 5.56 Å². The van der Waals surface area contributed by atoms with Crippen molar-refractivity contribution in [3.8, 4) is 0 Å². The minimum atomic E-state index is -2.48. The molecule has 8 heteroatoms. The first kappa shape index (κ1) is 24.7. The van der Waals surface area contributed by atoms with Gasteiger partial charge in [0.05, 0.1) is 11.7 Å². The van der Waals surface area contributed by atoms with Crippen molar-refractivity contribution in [2.45, 2.75) is 80.3 Å². The van der Waals surface area contributed by atoms with Crippen LogP contribution in [0.25, 0.3) is 16.3 Å². The van der Waals surface area contributed by atoms with Crippen molar-refractivity contribution in [3.63, 3.8) is 0 Å². The molecule has 3 aliphatic carbocycles. The van der Waals surface area contributed by atoms with Crippen LogP contribution >= 0.6 is 0 Å². The highest BCUT2D eigenvalue weighted by atomic mass is 19.1. The highest BCUT2D eigenvalue weighted by Crippen LogP contribution is 2.70. The van der Waals surface area contributed by atoms with Gasteiger partial charge in [-0.3, -0.25) is 4.79 Å². The van der Waals surface area contributed by atoms with Crippen molar-refractivity contribution in [3.05, 3.63) is 64.1 Å². The molecule has 2 aliphatic heterocycles. The molecule has 2 saturated heterocycles. The van der Waals surface area contributed by atoms with E-state index >= 15 is 4.39 Å². The van der Waals surface area contributed by atoms with Crippen molar-refractivity contribution in [2.75, 3.05) is 14.1 Å². The number of hydrogen-bond donors (Lipinski definition) is 4. The summed E-state index contributed by atoms with van der Waals surface area (Å²) in [5, 5.41) is 35.4. The van der Waals surface area contributed by atoms with Crippen molar-refractivity contribution in [1.82, 2.24) is 9.88 Å². The third-order valence-corrected chi connectivity index (χ3v) is 10.8. The standard InChI is InChI=1S/C30H35FN2O5/c1-27-9-8-20-25(36)30(31)26(37)24(35)21(33(2)3)14-28(30)10-11-29(20,38-28)22(27)7-6-19(27)17-5-4-16-13-23(34)32-15-18(16)12-17/h4-6,8,12-13,15,21-22,24-26,35-37H,7,9-11,14H2,1-3H3,(H,32,34)/t21-,22?,24+,25?,26-,27+,28+,29+,30?/m0/s1. The summed E-state index contributed by atoms with van der Waals surface area (Å²) in [7, 11) is 3.61. The molecule has 3 fully saturated rings. The van der Waals surface area contributed by atoms with Gasteiger partial charge in [0.2, 0.25) is 5.56 Å². The van der Waals surface area contributed by atoms with Crippen LogP contribution in [0.3, 0.4) is 0 Å². The average Bonchev–Trinajstić information content (AvgIpc) is 3.42. The Kier molecular flexibility index (Phi) is 4.96. The number of nitrogens with one attached hydrogen (secondary N) is 1. The number of fused-ring (bicyclic) bond motifs is 2. The van der Waals surface area contributed by atoms with Crippen LogP contribution in [0.4, 0.5) is 4.39 Å². The molecule has 202 valence electrons. The summed E-state index contributed by atoms with van der Waals surface area (Å²) in [6.07, 6.45) is 3.77. The summed E-state index contributed by atoms with van der Waals surface area (Å²) < 4.78 is 23.9. The number of halogens is 1. The quantitative estimate of drug-likeness (QED) is 0.452. The number of nitrogens with zero attached hydrogens (tertiary/aromatic N) is 1. The van der Waals surface area contributed by atoms with E-state index < -0.39 is 41.2 Å². The molecule has 2 aromatic rings. The van der Waals surface area contributed by atoms with E-state index in [0.29, 0.717) is 24.8 Å². The lowest BCUT2D eigenvalue weighted by molar-refractivity contribution is -0.308. The molecule has 38 heavy (non-hydrogen) atoms. The second-order valence-corrected chi connectivity index (χ2v) is 12.7. The predicted molar refractivity (Wildman–Crippen MR) is 141 cm³/mol. The number of rotatable bonds is 2. The number of ether oxygens (including phenoxy) is 1. The zero-order chi connectivity index (χ0) is 26.8. The zero-order valence-corrected chi connectivity index (χ0v) is 21.9. The predicted octanol–water partition coefficient (Wildman–Crippen LogP) is 2.69. The molecular weight excluding hydrogens is 487 g/mol. The monoisotopic (exact) mass is 522 g/mol. The SMILES string of the molecule is CN(C)[C@H]1C[C@@]23CC[C@@]4(O2)C(=CC[C@]2(C)C(c5ccc6cc(=O)[nH]cc6c5)=CCC24)C(O)C3(F)[C@@H](O)[C@@H]1O. The van der Waals surface area contributed by atoms with Crippen LogP contribution in [0.1, 0.15) is 44.6 Å². The number of allylic oxidation sites excluding steroid dienone is 3. The molecular formula is C30H35FN2O5. The molecule has 2 bridgehead atoms. The van der Waals surface area contributed by atoms with Crippen LogP contribution in [0.15, 0.2) is 53.0 Å². The summed E-state index contributed by atoms with van der Waals surface area (Å²) >= 11 is 0. The van der Waals surface area contributed by atoms with Crippen LogP contribution in [0.5, 0.6) is 0 Å². The maximum Gasteiger partial charge on any atom is 0.248 e. The van der Waals surface area contributed by atoms with Gasteiger partial charge in [0.1, 0.15) is 17.8 Å². The first-order valence-electron chi connectivity index (χ1n) is 13.6. The molecule has 2 spiro atoms. The summed E-state index contributed by atoms with van der Waals surface area (Å²) in [6.45, 7) is 2.23. The number of aromatic nitrogens is 1. The Morgan fingerprint density at radius 1 is 1.11 bits per heavy atom. The summed E-state index contributed by atoms with van der Waals surface area (Å²) in [5.74, 6) is -0.00310. The maximum atomic E-state index is 17.0. The number of aliphatic hydroxyl groups excluding tert-OH is 3. The van der Waals surface area contributed by atoms with E-state index in [0.717, 1.165) is 22.8 Å².